The first-order valence-electron chi connectivity index (χ1n) is 6.14. The Kier molecular flexibility index (Phi) is 7.12. The number of amides is 1. The van der Waals surface area contributed by atoms with Gasteiger partial charge in [-0.2, -0.15) is 0 Å². The highest BCUT2D eigenvalue weighted by molar-refractivity contribution is 8.01. The number of nitrogens with one attached hydrogen (secondary N) is 1. The quantitative estimate of drug-likeness (QED) is 0.776. The lowest BCUT2D eigenvalue weighted by Crippen LogP contribution is -2.34. The van der Waals surface area contributed by atoms with Gasteiger partial charge < -0.3 is 5.32 Å². The summed E-state index contributed by atoms with van der Waals surface area (Å²) < 4.78 is 0.165. The standard InChI is InChI=1S/C13H27NOS/c1-10(2)7-8-11(3)14-12(15)9-16-13(4,5)6/h10-11H,7-9H2,1-6H3,(H,14,15). The van der Waals surface area contributed by atoms with E-state index in [4.69, 9.17) is 0 Å². The van der Waals surface area contributed by atoms with Crippen LogP contribution in [-0.4, -0.2) is 22.4 Å². The fourth-order valence-electron chi connectivity index (χ4n) is 1.25. The second-order valence-electron chi connectivity index (χ2n) is 5.84. The molecule has 0 aromatic heterocycles. The molecule has 2 nitrogen and oxygen atoms in total. The van der Waals surface area contributed by atoms with E-state index in [9.17, 15) is 4.79 Å². The first-order chi connectivity index (χ1) is 7.20. The van der Waals surface area contributed by atoms with Gasteiger partial charge in [0.2, 0.25) is 5.91 Å². The third kappa shape index (κ3) is 10.3. The molecule has 0 saturated heterocycles. The van der Waals surface area contributed by atoms with Gasteiger partial charge in [0.1, 0.15) is 0 Å². The average Bonchev–Trinajstić information content (AvgIpc) is 2.10. The van der Waals surface area contributed by atoms with Gasteiger partial charge >= 0.3 is 0 Å². The number of carbonyl (C=O) groups is 1. The van der Waals surface area contributed by atoms with E-state index in [0.29, 0.717) is 17.7 Å². The molecule has 1 N–H and O–H groups in total. The maximum Gasteiger partial charge on any atom is 0.230 e. The minimum Gasteiger partial charge on any atom is -0.353 e. The van der Waals surface area contributed by atoms with Crippen molar-refractivity contribution in [3.05, 3.63) is 0 Å². The van der Waals surface area contributed by atoms with Crippen molar-refractivity contribution in [2.45, 2.75) is 65.2 Å². The van der Waals surface area contributed by atoms with Crippen molar-refractivity contribution in [3.63, 3.8) is 0 Å². The Balaban J connectivity index is 3.70. The van der Waals surface area contributed by atoms with Gasteiger partial charge in [0.05, 0.1) is 5.75 Å². The molecule has 1 atom stereocenters. The van der Waals surface area contributed by atoms with Crippen molar-refractivity contribution < 1.29 is 4.79 Å². The number of hydrogen-bond acceptors (Lipinski definition) is 2. The van der Waals surface area contributed by atoms with Gasteiger partial charge in [-0.15, -0.1) is 11.8 Å². The molecule has 0 aliphatic carbocycles. The number of carbonyl (C=O) groups excluding carboxylic acids is 1. The van der Waals surface area contributed by atoms with Crippen LogP contribution in [0.1, 0.15) is 54.4 Å². The highest BCUT2D eigenvalue weighted by Crippen LogP contribution is 2.22. The van der Waals surface area contributed by atoms with Gasteiger partial charge in [-0.25, -0.2) is 0 Å². The molecular formula is C13H27NOS. The topological polar surface area (TPSA) is 29.1 Å². The zero-order valence-corrected chi connectivity index (χ0v) is 12.4. The van der Waals surface area contributed by atoms with Crippen molar-refractivity contribution in [3.8, 4) is 0 Å². The summed E-state index contributed by atoms with van der Waals surface area (Å²) in [5.74, 6) is 1.44. The molecule has 3 heteroatoms. The van der Waals surface area contributed by atoms with Gasteiger partial charge in [0, 0.05) is 10.8 Å². The van der Waals surface area contributed by atoms with Gasteiger partial charge in [-0.3, -0.25) is 4.79 Å². The van der Waals surface area contributed by atoms with Crippen LogP contribution in [0.15, 0.2) is 0 Å². The van der Waals surface area contributed by atoms with E-state index in [-0.39, 0.29) is 10.7 Å². The second-order valence-corrected chi connectivity index (χ2v) is 7.64. The number of hydrogen-bond donors (Lipinski definition) is 1. The molecule has 1 amide bonds. The summed E-state index contributed by atoms with van der Waals surface area (Å²) in [5, 5.41) is 3.05. The minimum atomic E-state index is 0.163. The fraction of sp³-hybridized carbons (Fsp3) is 0.923. The average molecular weight is 245 g/mol. The molecule has 0 bridgehead atoms. The van der Waals surface area contributed by atoms with E-state index in [0.717, 1.165) is 6.42 Å². The molecule has 0 fully saturated rings. The van der Waals surface area contributed by atoms with Gasteiger partial charge in [-0.05, 0) is 25.7 Å². The number of rotatable bonds is 6. The van der Waals surface area contributed by atoms with E-state index >= 15 is 0 Å². The van der Waals surface area contributed by atoms with Crippen molar-refractivity contribution in [2.75, 3.05) is 5.75 Å². The lowest BCUT2D eigenvalue weighted by Gasteiger charge is -2.19. The Bertz CT molecular complexity index is 208. The molecule has 0 aliphatic heterocycles. The maximum absolute atomic E-state index is 11.6. The van der Waals surface area contributed by atoms with Gasteiger partial charge in [0.15, 0.2) is 0 Å². The maximum atomic E-state index is 11.6. The number of thioether (sulfide) groups is 1. The predicted octanol–water partition coefficient (Wildman–Crippen LogP) is 3.46. The van der Waals surface area contributed by atoms with Crippen LogP contribution in [0.4, 0.5) is 0 Å². The molecule has 96 valence electrons. The van der Waals surface area contributed by atoms with Crippen LogP contribution in [0, 0.1) is 5.92 Å². The summed E-state index contributed by atoms with van der Waals surface area (Å²) in [6, 6.07) is 0.301. The van der Waals surface area contributed by atoms with E-state index in [1.54, 1.807) is 11.8 Å². The Morgan fingerprint density at radius 1 is 1.19 bits per heavy atom. The molecule has 0 aliphatic rings. The summed E-state index contributed by atoms with van der Waals surface area (Å²) in [4.78, 5) is 11.6. The predicted molar refractivity (Wildman–Crippen MR) is 73.9 cm³/mol. The van der Waals surface area contributed by atoms with Crippen molar-refractivity contribution in [1.82, 2.24) is 5.32 Å². The minimum absolute atomic E-state index is 0.163. The summed E-state index contributed by atoms with van der Waals surface area (Å²) in [6.45, 7) is 12.9. The lowest BCUT2D eigenvalue weighted by atomic mass is 10.0. The SMILES string of the molecule is CC(C)CCC(C)NC(=O)CSC(C)(C)C. The van der Waals surface area contributed by atoms with E-state index in [1.807, 2.05) is 0 Å². The molecule has 0 spiro atoms. The monoisotopic (exact) mass is 245 g/mol. The van der Waals surface area contributed by atoms with Crippen molar-refractivity contribution in [1.29, 1.82) is 0 Å². The smallest absolute Gasteiger partial charge is 0.230 e. The summed E-state index contributed by atoms with van der Waals surface area (Å²) in [6.07, 6.45) is 2.25. The molecule has 0 radical (unpaired) electrons. The molecular weight excluding hydrogens is 218 g/mol. The Labute approximate surface area is 105 Å². The molecule has 0 aromatic rings. The zero-order chi connectivity index (χ0) is 12.8. The third-order valence-corrected chi connectivity index (χ3v) is 3.49. The van der Waals surface area contributed by atoms with Crippen molar-refractivity contribution in [2.24, 2.45) is 5.92 Å². The van der Waals surface area contributed by atoms with E-state index in [1.165, 1.54) is 6.42 Å². The van der Waals surface area contributed by atoms with E-state index in [2.05, 4.69) is 46.9 Å². The summed E-state index contributed by atoms with van der Waals surface area (Å²) in [7, 11) is 0. The van der Waals surface area contributed by atoms with E-state index < -0.39 is 0 Å². The van der Waals surface area contributed by atoms with Crippen LogP contribution in [0.2, 0.25) is 0 Å². The van der Waals surface area contributed by atoms with Crippen LogP contribution in [0.3, 0.4) is 0 Å². The lowest BCUT2D eigenvalue weighted by molar-refractivity contribution is -0.119. The van der Waals surface area contributed by atoms with Crippen LogP contribution >= 0.6 is 11.8 Å². The first kappa shape index (κ1) is 15.8. The molecule has 1 unspecified atom stereocenters. The van der Waals surface area contributed by atoms with Gasteiger partial charge in [0.25, 0.3) is 0 Å². The van der Waals surface area contributed by atoms with Crippen LogP contribution in [0.25, 0.3) is 0 Å². The zero-order valence-electron chi connectivity index (χ0n) is 11.6. The Morgan fingerprint density at radius 3 is 2.19 bits per heavy atom. The summed E-state index contributed by atoms with van der Waals surface area (Å²) in [5.41, 5.74) is 0. The molecule has 0 heterocycles. The van der Waals surface area contributed by atoms with Crippen LogP contribution in [0.5, 0.6) is 0 Å². The summed E-state index contributed by atoms with van der Waals surface area (Å²) >= 11 is 1.70. The normalized spacial score (nSPS) is 13.9. The highest BCUT2D eigenvalue weighted by Gasteiger charge is 2.14. The largest absolute Gasteiger partial charge is 0.353 e. The van der Waals surface area contributed by atoms with Crippen LogP contribution < -0.4 is 5.32 Å². The second kappa shape index (κ2) is 7.21. The molecule has 0 rings (SSSR count). The van der Waals surface area contributed by atoms with Gasteiger partial charge in [-0.1, -0.05) is 34.6 Å². The highest BCUT2D eigenvalue weighted by atomic mass is 32.2. The fourth-order valence-corrected chi connectivity index (χ4v) is 1.90. The van der Waals surface area contributed by atoms with Crippen molar-refractivity contribution >= 4 is 17.7 Å². The molecule has 0 aromatic carbocycles. The first-order valence-corrected chi connectivity index (χ1v) is 7.12. The Morgan fingerprint density at radius 2 is 1.75 bits per heavy atom. The molecule has 0 saturated carbocycles. The van der Waals surface area contributed by atoms with Crippen LogP contribution in [-0.2, 0) is 4.79 Å². The molecule has 16 heavy (non-hydrogen) atoms. The third-order valence-electron chi connectivity index (χ3n) is 2.22. The Hall–Kier alpha value is -0.180.